The fourth-order valence-electron chi connectivity index (χ4n) is 2.24. The molecular weight excluding hydrogens is 212 g/mol. The predicted octanol–water partition coefficient (Wildman–Crippen LogP) is 1.45. The number of aromatic nitrogens is 1. The average molecular weight is 230 g/mol. The Kier molecular flexibility index (Phi) is 3.60. The van der Waals surface area contributed by atoms with E-state index in [0.717, 1.165) is 37.4 Å². The number of pyridine rings is 1. The van der Waals surface area contributed by atoms with E-state index in [-0.39, 0.29) is 0 Å². The van der Waals surface area contributed by atoms with Gasteiger partial charge in [-0.3, -0.25) is 0 Å². The molecule has 1 aliphatic heterocycles. The molecule has 1 aliphatic rings. The van der Waals surface area contributed by atoms with E-state index in [4.69, 9.17) is 5.26 Å². The standard InChI is InChI=1S/C13H18N4/c1-10-11(9-14)3-4-13(16-10)17(2)12-5-7-15-8-6-12/h3-4,12,15H,5-8H2,1-2H3. The number of nitrogens with zero attached hydrogens (tertiary/aromatic N) is 3. The highest BCUT2D eigenvalue weighted by atomic mass is 15.2. The highest BCUT2D eigenvalue weighted by molar-refractivity contribution is 5.45. The Morgan fingerprint density at radius 3 is 2.71 bits per heavy atom. The molecule has 0 radical (unpaired) electrons. The molecule has 1 aromatic heterocycles. The first kappa shape index (κ1) is 11.9. The summed E-state index contributed by atoms with van der Waals surface area (Å²) in [5.74, 6) is 0.966. The minimum atomic E-state index is 0.552. The van der Waals surface area contributed by atoms with Crippen LogP contribution in [0.4, 0.5) is 5.82 Å². The van der Waals surface area contributed by atoms with Crippen LogP contribution in [0.25, 0.3) is 0 Å². The Hall–Kier alpha value is -1.60. The SMILES string of the molecule is Cc1nc(N(C)C2CCNCC2)ccc1C#N. The second-order valence-corrected chi connectivity index (χ2v) is 4.51. The summed E-state index contributed by atoms with van der Waals surface area (Å²) in [7, 11) is 2.09. The summed E-state index contributed by atoms with van der Waals surface area (Å²) in [6, 6.07) is 6.50. The number of aryl methyl sites for hydroxylation is 1. The molecule has 0 aromatic carbocycles. The Bertz CT molecular complexity index is 430. The molecule has 4 nitrogen and oxygen atoms in total. The number of piperidine rings is 1. The monoisotopic (exact) mass is 230 g/mol. The van der Waals surface area contributed by atoms with E-state index in [1.54, 1.807) is 0 Å². The van der Waals surface area contributed by atoms with E-state index >= 15 is 0 Å². The predicted molar refractivity (Wildman–Crippen MR) is 68.0 cm³/mol. The van der Waals surface area contributed by atoms with Crippen molar-refractivity contribution in [1.29, 1.82) is 5.26 Å². The lowest BCUT2D eigenvalue weighted by Crippen LogP contribution is -2.41. The summed E-state index contributed by atoms with van der Waals surface area (Å²) >= 11 is 0. The van der Waals surface area contributed by atoms with Gasteiger partial charge in [0.2, 0.25) is 0 Å². The van der Waals surface area contributed by atoms with Crippen molar-refractivity contribution in [2.24, 2.45) is 0 Å². The van der Waals surface area contributed by atoms with Crippen LogP contribution in [0.1, 0.15) is 24.1 Å². The van der Waals surface area contributed by atoms with Crippen molar-refractivity contribution in [1.82, 2.24) is 10.3 Å². The molecule has 2 rings (SSSR count). The third kappa shape index (κ3) is 2.56. The maximum atomic E-state index is 8.88. The van der Waals surface area contributed by atoms with Gasteiger partial charge in [-0.1, -0.05) is 0 Å². The first-order valence-electron chi connectivity index (χ1n) is 6.03. The highest BCUT2D eigenvalue weighted by Crippen LogP contribution is 2.19. The smallest absolute Gasteiger partial charge is 0.128 e. The number of anilines is 1. The van der Waals surface area contributed by atoms with E-state index in [1.807, 2.05) is 19.1 Å². The maximum Gasteiger partial charge on any atom is 0.128 e. The van der Waals surface area contributed by atoms with E-state index in [9.17, 15) is 0 Å². The van der Waals surface area contributed by atoms with Gasteiger partial charge >= 0.3 is 0 Å². The molecule has 0 amide bonds. The van der Waals surface area contributed by atoms with Crippen LogP contribution in [0.5, 0.6) is 0 Å². The number of rotatable bonds is 2. The lowest BCUT2D eigenvalue weighted by atomic mass is 10.1. The molecule has 0 spiro atoms. The molecule has 17 heavy (non-hydrogen) atoms. The van der Waals surface area contributed by atoms with Gasteiger partial charge in [-0.25, -0.2) is 4.98 Å². The van der Waals surface area contributed by atoms with Crippen LogP contribution >= 0.6 is 0 Å². The summed E-state index contributed by atoms with van der Waals surface area (Å²) in [6.45, 7) is 4.03. The molecule has 0 atom stereocenters. The van der Waals surface area contributed by atoms with Crippen molar-refractivity contribution < 1.29 is 0 Å². The van der Waals surface area contributed by atoms with Crippen molar-refractivity contribution in [2.75, 3.05) is 25.0 Å². The molecule has 2 heterocycles. The summed E-state index contributed by atoms with van der Waals surface area (Å²) in [5.41, 5.74) is 1.47. The topological polar surface area (TPSA) is 52.0 Å². The zero-order valence-corrected chi connectivity index (χ0v) is 10.4. The van der Waals surface area contributed by atoms with Crippen molar-refractivity contribution in [3.63, 3.8) is 0 Å². The van der Waals surface area contributed by atoms with Gasteiger partial charge in [0.05, 0.1) is 11.3 Å². The molecule has 90 valence electrons. The van der Waals surface area contributed by atoms with E-state index in [2.05, 4.69) is 28.3 Å². The van der Waals surface area contributed by atoms with E-state index in [1.165, 1.54) is 0 Å². The van der Waals surface area contributed by atoms with Gasteiger partial charge in [-0.15, -0.1) is 0 Å². The van der Waals surface area contributed by atoms with Crippen LogP contribution in [-0.2, 0) is 0 Å². The van der Waals surface area contributed by atoms with Crippen LogP contribution in [0.3, 0.4) is 0 Å². The largest absolute Gasteiger partial charge is 0.357 e. The van der Waals surface area contributed by atoms with Gasteiger partial charge in [0, 0.05) is 13.1 Å². The second-order valence-electron chi connectivity index (χ2n) is 4.51. The average Bonchev–Trinajstić information content (AvgIpc) is 2.39. The Morgan fingerprint density at radius 1 is 1.41 bits per heavy atom. The van der Waals surface area contributed by atoms with Crippen molar-refractivity contribution in [3.8, 4) is 6.07 Å². The van der Waals surface area contributed by atoms with Crippen LogP contribution < -0.4 is 10.2 Å². The van der Waals surface area contributed by atoms with Gasteiger partial charge in [-0.05, 0) is 45.0 Å². The van der Waals surface area contributed by atoms with Crippen LogP contribution in [0.15, 0.2) is 12.1 Å². The molecule has 0 aliphatic carbocycles. The molecule has 0 unspecified atom stereocenters. The maximum absolute atomic E-state index is 8.88. The van der Waals surface area contributed by atoms with Gasteiger partial charge in [-0.2, -0.15) is 5.26 Å². The highest BCUT2D eigenvalue weighted by Gasteiger charge is 2.19. The van der Waals surface area contributed by atoms with Crippen molar-refractivity contribution >= 4 is 5.82 Å². The lowest BCUT2D eigenvalue weighted by molar-refractivity contribution is 0.441. The molecule has 0 saturated carbocycles. The Balaban J connectivity index is 2.16. The minimum absolute atomic E-state index is 0.552. The Labute approximate surface area is 102 Å². The first-order chi connectivity index (χ1) is 8.22. The molecular formula is C13H18N4. The summed E-state index contributed by atoms with van der Waals surface area (Å²) in [5, 5.41) is 12.2. The van der Waals surface area contributed by atoms with Crippen LogP contribution in [-0.4, -0.2) is 31.2 Å². The van der Waals surface area contributed by atoms with Gasteiger partial charge < -0.3 is 10.2 Å². The van der Waals surface area contributed by atoms with Gasteiger partial charge in [0.1, 0.15) is 11.9 Å². The molecule has 1 N–H and O–H groups in total. The number of nitrogens with one attached hydrogen (secondary N) is 1. The zero-order valence-electron chi connectivity index (χ0n) is 10.4. The van der Waals surface area contributed by atoms with E-state index in [0.29, 0.717) is 11.6 Å². The quantitative estimate of drug-likeness (QED) is 0.835. The first-order valence-corrected chi connectivity index (χ1v) is 6.03. The van der Waals surface area contributed by atoms with Gasteiger partial charge in [0.15, 0.2) is 0 Å². The van der Waals surface area contributed by atoms with Crippen LogP contribution in [0.2, 0.25) is 0 Å². The summed E-state index contributed by atoms with van der Waals surface area (Å²) < 4.78 is 0. The van der Waals surface area contributed by atoms with Gasteiger partial charge in [0.25, 0.3) is 0 Å². The van der Waals surface area contributed by atoms with Crippen molar-refractivity contribution in [2.45, 2.75) is 25.8 Å². The summed E-state index contributed by atoms with van der Waals surface area (Å²) in [4.78, 5) is 6.73. The summed E-state index contributed by atoms with van der Waals surface area (Å²) in [6.07, 6.45) is 2.30. The minimum Gasteiger partial charge on any atom is -0.357 e. The lowest BCUT2D eigenvalue weighted by Gasteiger charge is -2.32. The fourth-order valence-corrected chi connectivity index (χ4v) is 2.24. The normalized spacial score (nSPS) is 16.5. The zero-order chi connectivity index (χ0) is 12.3. The number of hydrogen-bond donors (Lipinski definition) is 1. The molecule has 0 bridgehead atoms. The molecule has 1 saturated heterocycles. The van der Waals surface area contributed by atoms with Crippen LogP contribution in [0, 0.1) is 18.3 Å². The third-order valence-corrected chi connectivity index (χ3v) is 3.41. The second kappa shape index (κ2) is 5.15. The molecule has 1 aromatic rings. The number of nitriles is 1. The number of hydrogen-bond acceptors (Lipinski definition) is 4. The fraction of sp³-hybridized carbons (Fsp3) is 0.538. The van der Waals surface area contributed by atoms with E-state index < -0.39 is 0 Å². The third-order valence-electron chi connectivity index (χ3n) is 3.41. The van der Waals surface area contributed by atoms with Crippen molar-refractivity contribution in [3.05, 3.63) is 23.4 Å². The molecule has 1 fully saturated rings. The molecule has 4 heteroatoms. The Morgan fingerprint density at radius 2 is 2.12 bits per heavy atom.